The SMILES string of the molecule is CCc1cnc([C@@H]2C[C@H](C)CN2C(=O)OC(C)(C)C)[nH]1. The second-order valence-corrected chi connectivity index (χ2v) is 6.64. The highest BCUT2D eigenvalue weighted by molar-refractivity contribution is 5.69. The summed E-state index contributed by atoms with van der Waals surface area (Å²) in [5, 5.41) is 0. The minimum atomic E-state index is -0.467. The summed E-state index contributed by atoms with van der Waals surface area (Å²) in [6, 6.07) is 0.000139. The molecule has 1 aliphatic heterocycles. The number of aromatic amines is 1. The molecule has 1 aromatic heterocycles. The average Bonchev–Trinajstić information content (AvgIpc) is 2.92. The third kappa shape index (κ3) is 3.32. The highest BCUT2D eigenvalue weighted by Crippen LogP contribution is 2.34. The minimum absolute atomic E-state index is 0.000139. The molecule has 0 saturated carbocycles. The number of nitrogens with zero attached hydrogens (tertiary/aromatic N) is 2. The summed E-state index contributed by atoms with van der Waals surface area (Å²) in [5.74, 6) is 1.33. The first-order chi connectivity index (χ1) is 9.30. The van der Waals surface area contributed by atoms with Crippen molar-refractivity contribution >= 4 is 6.09 Å². The van der Waals surface area contributed by atoms with Crippen LogP contribution in [-0.2, 0) is 11.2 Å². The Kier molecular flexibility index (Phi) is 4.06. The molecule has 20 heavy (non-hydrogen) atoms. The highest BCUT2D eigenvalue weighted by Gasteiger charge is 2.38. The summed E-state index contributed by atoms with van der Waals surface area (Å²) in [6.45, 7) is 10.6. The van der Waals surface area contributed by atoms with Gasteiger partial charge in [-0.3, -0.25) is 4.90 Å². The minimum Gasteiger partial charge on any atom is -0.444 e. The van der Waals surface area contributed by atoms with Crippen molar-refractivity contribution in [2.45, 2.75) is 59.1 Å². The van der Waals surface area contributed by atoms with Crippen LogP contribution in [0.5, 0.6) is 0 Å². The van der Waals surface area contributed by atoms with E-state index in [9.17, 15) is 4.79 Å². The standard InChI is InChI=1S/C15H25N3O2/c1-6-11-8-16-13(17-11)12-7-10(2)9-18(12)14(19)20-15(3,4)5/h8,10,12H,6-7,9H2,1-5H3,(H,16,17)/t10-,12-/m0/s1. The molecule has 0 bridgehead atoms. The van der Waals surface area contributed by atoms with E-state index in [0.29, 0.717) is 5.92 Å². The number of carbonyl (C=O) groups is 1. The molecule has 2 rings (SSSR count). The Morgan fingerprint density at radius 1 is 1.55 bits per heavy atom. The molecule has 1 aliphatic rings. The van der Waals surface area contributed by atoms with Crippen LogP contribution >= 0.6 is 0 Å². The molecular formula is C15H25N3O2. The first kappa shape index (κ1) is 14.9. The van der Waals surface area contributed by atoms with Crippen LogP contribution in [0.3, 0.4) is 0 Å². The van der Waals surface area contributed by atoms with Gasteiger partial charge in [-0.25, -0.2) is 9.78 Å². The summed E-state index contributed by atoms with van der Waals surface area (Å²) in [5.41, 5.74) is 0.634. The number of aromatic nitrogens is 2. The van der Waals surface area contributed by atoms with Gasteiger partial charge in [-0.05, 0) is 39.5 Å². The van der Waals surface area contributed by atoms with Crippen molar-refractivity contribution in [3.8, 4) is 0 Å². The lowest BCUT2D eigenvalue weighted by molar-refractivity contribution is 0.0214. The topological polar surface area (TPSA) is 58.2 Å². The predicted molar refractivity (Wildman–Crippen MR) is 77.4 cm³/mol. The summed E-state index contributed by atoms with van der Waals surface area (Å²) in [4.78, 5) is 21.9. The molecule has 1 N–H and O–H groups in total. The van der Waals surface area contributed by atoms with Gasteiger partial charge in [0.05, 0.1) is 6.04 Å². The summed E-state index contributed by atoms with van der Waals surface area (Å²) < 4.78 is 5.50. The molecule has 1 aromatic rings. The van der Waals surface area contributed by atoms with E-state index in [1.165, 1.54) is 0 Å². The molecule has 5 nitrogen and oxygen atoms in total. The van der Waals surface area contributed by atoms with E-state index >= 15 is 0 Å². The Morgan fingerprint density at radius 2 is 2.25 bits per heavy atom. The summed E-state index contributed by atoms with van der Waals surface area (Å²) in [6.07, 6.45) is 3.45. The monoisotopic (exact) mass is 279 g/mol. The van der Waals surface area contributed by atoms with E-state index in [0.717, 1.165) is 30.9 Å². The number of hydrogen-bond donors (Lipinski definition) is 1. The maximum Gasteiger partial charge on any atom is 0.410 e. The van der Waals surface area contributed by atoms with Gasteiger partial charge in [0.25, 0.3) is 0 Å². The molecule has 1 fully saturated rings. The van der Waals surface area contributed by atoms with Gasteiger partial charge in [-0.1, -0.05) is 13.8 Å². The number of rotatable bonds is 2. The molecule has 1 amide bonds. The molecule has 112 valence electrons. The van der Waals surface area contributed by atoms with Gasteiger partial charge in [-0.15, -0.1) is 0 Å². The molecule has 0 aromatic carbocycles. The Hall–Kier alpha value is -1.52. The Labute approximate surface area is 120 Å². The van der Waals surface area contributed by atoms with E-state index in [1.807, 2.05) is 27.0 Å². The van der Waals surface area contributed by atoms with Gasteiger partial charge < -0.3 is 9.72 Å². The fourth-order valence-corrected chi connectivity index (χ4v) is 2.55. The van der Waals surface area contributed by atoms with E-state index in [4.69, 9.17) is 4.74 Å². The van der Waals surface area contributed by atoms with Gasteiger partial charge in [0.15, 0.2) is 0 Å². The number of hydrogen-bond acceptors (Lipinski definition) is 3. The Morgan fingerprint density at radius 3 is 2.80 bits per heavy atom. The number of H-pyrrole nitrogens is 1. The number of carbonyl (C=O) groups excluding carboxylic acids is 1. The number of likely N-dealkylation sites (tertiary alicyclic amines) is 1. The van der Waals surface area contributed by atoms with E-state index in [1.54, 1.807) is 4.90 Å². The number of aryl methyl sites for hydroxylation is 1. The van der Waals surface area contributed by atoms with Crippen molar-refractivity contribution in [1.82, 2.24) is 14.9 Å². The highest BCUT2D eigenvalue weighted by atomic mass is 16.6. The maximum atomic E-state index is 12.3. The average molecular weight is 279 g/mol. The van der Waals surface area contributed by atoms with Gasteiger partial charge in [0, 0.05) is 18.4 Å². The van der Waals surface area contributed by atoms with Crippen LogP contribution in [0.4, 0.5) is 4.79 Å². The first-order valence-corrected chi connectivity index (χ1v) is 7.33. The molecule has 2 atom stereocenters. The fourth-order valence-electron chi connectivity index (χ4n) is 2.55. The van der Waals surface area contributed by atoms with Crippen molar-refractivity contribution in [1.29, 1.82) is 0 Å². The lowest BCUT2D eigenvalue weighted by Crippen LogP contribution is -2.37. The zero-order chi connectivity index (χ0) is 14.9. The summed E-state index contributed by atoms with van der Waals surface area (Å²) in [7, 11) is 0. The number of nitrogens with one attached hydrogen (secondary N) is 1. The third-order valence-corrected chi connectivity index (χ3v) is 3.48. The van der Waals surface area contributed by atoms with Crippen molar-refractivity contribution in [3.05, 3.63) is 17.7 Å². The molecule has 0 unspecified atom stereocenters. The van der Waals surface area contributed by atoms with Crippen LogP contribution in [0.2, 0.25) is 0 Å². The lowest BCUT2D eigenvalue weighted by atomic mass is 10.1. The molecule has 1 saturated heterocycles. The van der Waals surface area contributed by atoms with E-state index < -0.39 is 5.60 Å². The van der Waals surface area contributed by atoms with Crippen molar-refractivity contribution < 1.29 is 9.53 Å². The fraction of sp³-hybridized carbons (Fsp3) is 0.733. The smallest absolute Gasteiger partial charge is 0.410 e. The number of ether oxygens (including phenoxy) is 1. The van der Waals surface area contributed by atoms with Crippen LogP contribution in [0, 0.1) is 5.92 Å². The molecule has 0 spiro atoms. The van der Waals surface area contributed by atoms with Gasteiger partial charge in [0.2, 0.25) is 0 Å². The van der Waals surface area contributed by atoms with Crippen molar-refractivity contribution in [2.24, 2.45) is 5.92 Å². The third-order valence-electron chi connectivity index (χ3n) is 3.48. The van der Waals surface area contributed by atoms with Crippen molar-refractivity contribution in [3.63, 3.8) is 0 Å². The molecule has 2 heterocycles. The molecule has 0 aliphatic carbocycles. The van der Waals surface area contributed by atoms with E-state index in [-0.39, 0.29) is 12.1 Å². The van der Waals surface area contributed by atoms with Gasteiger partial charge >= 0.3 is 6.09 Å². The number of amides is 1. The second-order valence-electron chi connectivity index (χ2n) is 6.64. The predicted octanol–water partition coefficient (Wildman–Crippen LogP) is 3.29. The normalized spacial score (nSPS) is 23.1. The quantitative estimate of drug-likeness (QED) is 0.903. The van der Waals surface area contributed by atoms with Crippen molar-refractivity contribution in [2.75, 3.05) is 6.54 Å². The van der Waals surface area contributed by atoms with Crippen LogP contribution in [-0.4, -0.2) is 33.1 Å². The summed E-state index contributed by atoms with van der Waals surface area (Å²) >= 11 is 0. The number of imidazole rings is 1. The zero-order valence-corrected chi connectivity index (χ0v) is 13.1. The zero-order valence-electron chi connectivity index (χ0n) is 13.1. The Balaban J connectivity index is 2.16. The van der Waals surface area contributed by atoms with E-state index in [2.05, 4.69) is 23.8 Å². The maximum absolute atomic E-state index is 12.3. The van der Waals surface area contributed by atoms with Crippen LogP contribution in [0.25, 0.3) is 0 Å². The van der Waals surface area contributed by atoms with Crippen LogP contribution < -0.4 is 0 Å². The van der Waals surface area contributed by atoms with Gasteiger partial charge in [0.1, 0.15) is 11.4 Å². The molecule has 0 radical (unpaired) electrons. The first-order valence-electron chi connectivity index (χ1n) is 7.33. The van der Waals surface area contributed by atoms with Crippen LogP contribution in [0.15, 0.2) is 6.20 Å². The van der Waals surface area contributed by atoms with Gasteiger partial charge in [-0.2, -0.15) is 0 Å². The molecular weight excluding hydrogens is 254 g/mol. The van der Waals surface area contributed by atoms with Crippen LogP contribution in [0.1, 0.15) is 58.6 Å². The second kappa shape index (κ2) is 5.46. The Bertz CT molecular complexity index is 476. The molecule has 5 heteroatoms. The lowest BCUT2D eigenvalue weighted by Gasteiger charge is -2.27. The largest absolute Gasteiger partial charge is 0.444 e.